The third-order valence-electron chi connectivity index (χ3n) is 3.01. The van der Waals surface area contributed by atoms with Crippen molar-refractivity contribution in [2.75, 3.05) is 7.11 Å². The van der Waals surface area contributed by atoms with E-state index < -0.39 is 0 Å². The van der Waals surface area contributed by atoms with Gasteiger partial charge in [-0.25, -0.2) is 4.98 Å². The van der Waals surface area contributed by atoms with Crippen LogP contribution in [0.15, 0.2) is 53.3 Å². The van der Waals surface area contributed by atoms with Gasteiger partial charge in [-0.05, 0) is 45.8 Å². The lowest BCUT2D eigenvalue weighted by Crippen LogP contribution is -1.90. The van der Waals surface area contributed by atoms with E-state index in [4.69, 9.17) is 4.74 Å². The van der Waals surface area contributed by atoms with Gasteiger partial charge in [0.2, 0.25) is 0 Å². The molecule has 2 heterocycles. The molecule has 0 atom stereocenters. The van der Waals surface area contributed by atoms with Gasteiger partial charge in [0.25, 0.3) is 0 Å². The lowest BCUT2D eigenvalue weighted by atomic mass is 10.1. The second-order valence-corrected chi connectivity index (χ2v) is 5.15. The summed E-state index contributed by atoms with van der Waals surface area (Å²) in [6.07, 6.45) is 2.85. The van der Waals surface area contributed by atoms with Crippen molar-refractivity contribution in [1.82, 2.24) is 9.38 Å². The number of hydrogen-bond donors (Lipinski definition) is 0. The second kappa shape index (κ2) is 5.05. The standard InChI is InChI=1S/C15H13BrN2O/c1-19-13-5-2-4-11(9-13)8-12-10-18-14(16)6-3-7-15(18)17-12/h2-7,9-10H,8H2,1H3. The molecule has 3 aromatic rings. The molecule has 4 heteroatoms. The van der Waals surface area contributed by atoms with Crippen LogP contribution in [0.4, 0.5) is 0 Å². The van der Waals surface area contributed by atoms with Crippen molar-refractivity contribution in [3.8, 4) is 5.75 Å². The van der Waals surface area contributed by atoms with Gasteiger partial charge in [0.1, 0.15) is 11.4 Å². The Morgan fingerprint density at radius 3 is 2.84 bits per heavy atom. The van der Waals surface area contributed by atoms with E-state index in [0.29, 0.717) is 0 Å². The molecule has 0 unspecified atom stereocenters. The highest BCUT2D eigenvalue weighted by atomic mass is 79.9. The van der Waals surface area contributed by atoms with Gasteiger partial charge in [0.05, 0.1) is 17.4 Å². The molecule has 96 valence electrons. The largest absolute Gasteiger partial charge is 0.497 e. The van der Waals surface area contributed by atoms with Crippen molar-refractivity contribution < 1.29 is 4.74 Å². The Kier molecular flexibility index (Phi) is 3.25. The minimum Gasteiger partial charge on any atom is -0.497 e. The summed E-state index contributed by atoms with van der Waals surface area (Å²) in [6, 6.07) is 14.1. The van der Waals surface area contributed by atoms with Crippen LogP contribution in [0.25, 0.3) is 5.65 Å². The molecule has 0 fully saturated rings. The van der Waals surface area contributed by atoms with Gasteiger partial charge in [-0.2, -0.15) is 0 Å². The first-order valence-electron chi connectivity index (χ1n) is 6.02. The Morgan fingerprint density at radius 2 is 2.05 bits per heavy atom. The highest BCUT2D eigenvalue weighted by Crippen LogP contribution is 2.18. The molecule has 3 nitrogen and oxygen atoms in total. The number of pyridine rings is 1. The Hall–Kier alpha value is -1.81. The molecule has 0 amide bonds. The first-order valence-corrected chi connectivity index (χ1v) is 6.81. The minimum atomic E-state index is 0.797. The first kappa shape index (κ1) is 12.2. The summed E-state index contributed by atoms with van der Waals surface area (Å²) in [7, 11) is 1.68. The monoisotopic (exact) mass is 316 g/mol. The molecule has 0 saturated carbocycles. The van der Waals surface area contributed by atoms with Crippen LogP contribution in [0.3, 0.4) is 0 Å². The van der Waals surface area contributed by atoms with Gasteiger partial charge in [-0.15, -0.1) is 0 Å². The van der Waals surface area contributed by atoms with E-state index in [1.165, 1.54) is 5.56 Å². The maximum Gasteiger partial charge on any atom is 0.137 e. The zero-order valence-corrected chi connectivity index (χ0v) is 12.1. The fourth-order valence-electron chi connectivity index (χ4n) is 2.10. The highest BCUT2D eigenvalue weighted by Gasteiger charge is 2.05. The molecule has 19 heavy (non-hydrogen) atoms. The van der Waals surface area contributed by atoms with Gasteiger partial charge in [-0.3, -0.25) is 4.40 Å². The number of benzene rings is 1. The van der Waals surface area contributed by atoms with E-state index >= 15 is 0 Å². The van der Waals surface area contributed by atoms with Crippen molar-refractivity contribution in [1.29, 1.82) is 0 Å². The Bertz CT molecular complexity index is 721. The number of aromatic nitrogens is 2. The Labute approximate surface area is 120 Å². The molecule has 0 radical (unpaired) electrons. The number of fused-ring (bicyclic) bond motifs is 1. The van der Waals surface area contributed by atoms with Crippen molar-refractivity contribution in [3.63, 3.8) is 0 Å². The topological polar surface area (TPSA) is 26.5 Å². The van der Waals surface area contributed by atoms with Crippen molar-refractivity contribution in [3.05, 3.63) is 64.5 Å². The fourth-order valence-corrected chi connectivity index (χ4v) is 2.54. The van der Waals surface area contributed by atoms with E-state index in [-0.39, 0.29) is 0 Å². The van der Waals surface area contributed by atoms with Crippen molar-refractivity contribution >= 4 is 21.6 Å². The van der Waals surface area contributed by atoms with E-state index in [1.807, 2.05) is 40.8 Å². The van der Waals surface area contributed by atoms with Gasteiger partial charge in [0, 0.05) is 12.6 Å². The van der Waals surface area contributed by atoms with Crippen LogP contribution in [0.1, 0.15) is 11.3 Å². The summed E-state index contributed by atoms with van der Waals surface area (Å²) in [5.74, 6) is 0.877. The van der Waals surface area contributed by atoms with Crippen molar-refractivity contribution in [2.45, 2.75) is 6.42 Å². The predicted molar refractivity (Wildman–Crippen MR) is 78.7 cm³/mol. The molecular formula is C15H13BrN2O. The molecule has 0 N–H and O–H groups in total. The van der Waals surface area contributed by atoms with Crippen LogP contribution >= 0.6 is 15.9 Å². The molecule has 0 saturated heterocycles. The summed E-state index contributed by atoms with van der Waals surface area (Å²) < 4.78 is 8.28. The number of halogens is 1. The smallest absolute Gasteiger partial charge is 0.137 e. The number of hydrogen-bond acceptors (Lipinski definition) is 2. The number of rotatable bonds is 3. The third-order valence-corrected chi connectivity index (χ3v) is 3.66. The molecule has 1 aromatic carbocycles. The van der Waals surface area contributed by atoms with Crippen LogP contribution in [0.2, 0.25) is 0 Å². The second-order valence-electron chi connectivity index (χ2n) is 4.34. The third kappa shape index (κ3) is 2.49. The molecule has 0 aliphatic heterocycles. The highest BCUT2D eigenvalue weighted by molar-refractivity contribution is 9.10. The summed E-state index contributed by atoms with van der Waals surface area (Å²) in [6.45, 7) is 0. The predicted octanol–water partition coefficient (Wildman–Crippen LogP) is 3.70. The van der Waals surface area contributed by atoms with Crippen LogP contribution < -0.4 is 4.74 Å². The van der Waals surface area contributed by atoms with Crippen LogP contribution in [0, 0.1) is 0 Å². The minimum absolute atomic E-state index is 0.797. The Balaban J connectivity index is 1.94. The molecule has 2 aromatic heterocycles. The fraction of sp³-hybridized carbons (Fsp3) is 0.133. The van der Waals surface area contributed by atoms with Gasteiger partial charge in [-0.1, -0.05) is 18.2 Å². The molecule has 3 rings (SSSR count). The quantitative estimate of drug-likeness (QED) is 0.689. The Morgan fingerprint density at radius 1 is 1.21 bits per heavy atom. The number of nitrogens with zero attached hydrogens (tertiary/aromatic N) is 2. The molecule has 0 aliphatic carbocycles. The van der Waals surface area contributed by atoms with Crippen LogP contribution in [-0.2, 0) is 6.42 Å². The normalized spacial score (nSPS) is 10.8. The molecule has 0 spiro atoms. The van der Waals surface area contributed by atoms with E-state index in [9.17, 15) is 0 Å². The number of imidazole rings is 1. The average Bonchev–Trinajstić information content (AvgIpc) is 2.83. The molecule has 0 bridgehead atoms. The van der Waals surface area contributed by atoms with Crippen LogP contribution in [-0.4, -0.2) is 16.5 Å². The van der Waals surface area contributed by atoms with Crippen LogP contribution in [0.5, 0.6) is 5.75 Å². The van der Waals surface area contributed by atoms with E-state index in [1.54, 1.807) is 7.11 Å². The summed E-state index contributed by atoms with van der Waals surface area (Å²) in [5.41, 5.74) is 3.19. The van der Waals surface area contributed by atoms with Gasteiger partial charge < -0.3 is 4.74 Å². The van der Waals surface area contributed by atoms with Crippen molar-refractivity contribution in [2.24, 2.45) is 0 Å². The average molecular weight is 317 g/mol. The maximum atomic E-state index is 5.24. The van der Waals surface area contributed by atoms with E-state index in [0.717, 1.165) is 28.1 Å². The molecule has 0 aliphatic rings. The number of methoxy groups -OCH3 is 1. The number of ether oxygens (including phenoxy) is 1. The summed E-state index contributed by atoms with van der Waals surface area (Å²) in [5, 5.41) is 0. The van der Waals surface area contributed by atoms with Gasteiger partial charge >= 0.3 is 0 Å². The zero-order chi connectivity index (χ0) is 13.2. The first-order chi connectivity index (χ1) is 9.26. The van der Waals surface area contributed by atoms with E-state index in [2.05, 4.69) is 33.2 Å². The van der Waals surface area contributed by atoms with Gasteiger partial charge in [0.15, 0.2) is 0 Å². The maximum absolute atomic E-state index is 5.24. The summed E-state index contributed by atoms with van der Waals surface area (Å²) in [4.78, 5) is 4.62. The summed E-state index contributed by atoms with van der Waals surface area (Å²) >= 11 is 3.52. The SMILES string of the molecule is COc1cccc(Cc2cn3c(Br)cccc3n2)c1. The molecular weight excluding hydrogens is 304 g/mol. The lowest BCUT2D eigenvalue weighted by Gasteiger charge is -2.02. The zero-order valence-electron chi connectivity index (χ0n) is 10.5. The lowest BCUT2D eigenvalue weighted by molar-refractivity contribution is 0.414.